The summed E-state index contributed by atoms with van der Waals surface area (Å²) in [6.07, 6.45) is 82.1. The summed E-state index contributed by atoms with van der Waals surface area (Å²) >= 11 is 0. The van der Waals surface area contributed by atoms with Crippen molar-refractivity contribution in [2.75, 3.05) is 0 Å². The summed E-state index contributed by atoms with van der Waals surface area (Å²) in [5, 5.41) is 0. The fourth-order valence-corrected chi connectivity index (χ4v) is 12.4. The molecule has 80 heavy (non-hydrogen) atoms. The lowest BCUT2D eigenvalue weighted by Gasteiger charge is -2.21. The maximum atomic E-state index is 14.0. The van der Waals surface area contributed by atoms with Crippen LogP contribution in [0.15, 0.2) is 24.3 Å². The molecule has 0 saturated heterocycles. The van der Waals surface area contributed by atoms with Crippen molar-refractivity contribution < 1.29 is 19.1 Å². The minimum Gasteiger partial charge on any atom is -0.459 e. The molecule has 0 N–H and O–H groups in total. The second-order valence-electron chi connectivity index (χ2n) is 25.8. The van der Waals surface area contributed by atoms with Gasteiger partial charge in [0.15, 0.2) is 0 Å². The van der Waals surface area contributed by atoms with Gasteiger partial charge in [-0.2, -0.15) is 0 Å². The summed E-state index contributed by atoms with van der Waals surface area (Å²) in [6, 6.07) is 7.30. The van der Waals surface area contributed by atoms with Crippen LogP contribution < -0.4 is 0 Å². The van der Waals surface area contributed by atoms with E-state index in [0.29, 0.717) is 11.1 Å². The van der Waals surface area contributed by atoms with E-state index in [-0.39, 0.29) is 24.1 Å². The van der Waals surface area contributed by atoms with Crippen LogP contribution in [0.1, 0.15) is 447 Å². The number of carbonyl (C=O) groups excluding carboxylic acids is 2. The largest absolute Gasteiger partial charge is 0.459 e. The summed E-state index contributed by atoms with van der Waals surface area (Å²) < 4.78 is 12.7. The maximum absolute atomic E-state index is 14.0. The lowest BCUT2D eigenvalue weighted by atomic mass is 10.0. The number of carbonyl (C=O) groups is 2. The smallest absolute Gasteiger partial charge is 0.339 e. The molecule has 1 rings (SSSR count). The van der Waals surface area contributed by atoms with Crippen molar-refractivity contribution in [2.24, 2.45) is 0 Å². The van der Waals surface area contributed by atoms with Crippen LogP contribution in [0.25, 0.3) is 0 Å². The van der Waals surface area contributed by atoms with Crippen molar-refractivity contribution >= 4 is 11.9 Å². The van der Waals surface area contributed by atoms with Crippen LogP contribution in [0.4, 0.5) is 0 Å². The van der Waals surface area contributed by atoms with Gasteiger partial charge in [0.25, 0.3) is 0 Å². The summed E-state index contributed by atoms with van der Waals surface area (Å²) in [5.74, 6) is -0.713. The molecule has 1 aromatic rings. The lowest BCUT2D eigenvalue weighted by Crippen LogP contribution is -2.23. The van der Waals surface area contributed by atoms with E-state index in [1.54, 1.807) is 12.1 Å². The third-order valence-corrected chi connectivity index (χ3v) is 17.9. The van der Waals surface area contributed by atoms with Crippen molar-refractivity contribution in [1.29, 1.82) is 0 Å². The molecule has 0 aliphatic carbocycles. The van der Waals surface area contributed by atoms with Crippen LogP contribution in [-0.2, 0) is 9.47 Å². The number of benzene rings is 1. The molecule has 0 spiro atoms. The standard InChI is InChI=1S/C76H142O4/c1-5-9-13-17-21-23-25-27-29-31-33-35-37-39-41-43-45-47-49-51-53-57-61-67-71(65-59-55-19-15-11-7-3)79-75(77)73-69-63-64-70-74(73)76(78)80-72(66-60-56-20-16-12-8-4)68-62-58-54-52-50-48-46-44-42-40-38-36-34-32-30-28-26-24-22-18-14-10-6-2/h63-64,69-72H,5-62,65-68H2,1-4H3. The molecule has 4 heteroatoms. The minimum absolute atomic E-state index is 0.105. The monoisotopic (exact) mass is 1120 g/mol. The van der Waals surface area contributed by atoms with Gasteiger partial charge in [0.05, 0.1) is 11.1 Å². The molecule has 0 bridgehead atoms. The van der Waals surface area contributed by atoms with Gasteiger partial charge in [0.2, 0.25) is 0 Å². The van der Waals surface area contributed by atoms with Crippen molar-refractivity contribution in [3.8, 4) is 0 Å². The first-order valence-corrected chi connectivity index (χ1v) is 37.1. The quantitative estimate of drug-likeness (QED) is 0.0482. The fourth-order valence-electron chi connectivity index (χ4n) is 12.4. The van der Waals surface area contributed by atoms with Crippen molar-refractivity contribution in [2.45, 2.75) is 438 Å². The Kier molecular flexibility index (Phi) is 60.2. The van der Waals surface area contributed by atoms with Crippen LogP contribution in [0, 0.1) is 0 Å². The molecule has 0 saturated carbocycles. The Bertz CT molecular complexity index is 1290. The van der Waals surface area contributed by atoms with Gasteiger partial charge in [-0.3, -0.25) is 0 Å². The van der Waals surface area contributed by atoms with E-state index in [9.17, 15) is 9.59 Å². The number of hydrogen-bond acceptors (Lipinski definition) is 4. The minimum atomic E-state index is -0.357. The number of esters is 2. The predicted octanol–water partition coefficient (Wildman–Crippen LogP) is 27.0. The Morgan fingerprint density at radius 2 is 0.375 bits per heavy atom. The topological polar surface area (TPSA) is 52.6 Å². The first kappa shape index (κ1) is 76.2. The third kappa shape index (κ3) is 51.8. The summed E-state index contributed by atoms with van der Waals surface area (Å²) in [7, 11) is 0. The van der Waals surface area contributed by atoms with Crippen LogP contribution in [0.3, 0.4) is 0 Å². The molecule has 0 fully saturated rings. The highest BCUT2D eigenvalue weighted by Gasteiger charge is 2.24. The SMILES string of the molecule is CCCCCCCCCCCCCCCCCCCCCCCCCC(CCCCCCCC)OC(=O)c1ccccc1C(=O)OC(CCCCCCCC)CCCCCCCCCCCCCCCCCCCCCCCCC. The Morgan fingerprint density at radius 1 is 0.237 bits per heavy atom. The zero-order chi connectivity index (χ0) is 57.5. The van der Waals surface area contributed by atoms with Crippen molar-refractivity contribution in [1.82, 2.24) is 0 Å². The third-order valence-electron chi connectivity index (χ3n) is 17.9. The molecule has 0 aromatic heterocycles. The molecule has 0 amide bonds. The number of hydrogen-bond donors (Lipinski definition) is 0. The van der Waals surface area contributed by atoms with Gasteiger partial charge in [-0.1, -0.05) is 387 Å². The lowest BCUT2D eigenvalue weighted by molar-refractivity contribution is 0.0201. The second kappa shape index (κ2) is 63.2. The van der Waals surface area contributed by atoms with Crippen LogP contribution in [0.2, 0.25) is 0 Å². The highest BCUT2D eigenvalue weighted by Crippen LogP contribution is 2.24. The van der Waals surface area contributed by atoms with Gasteiger partial charge in [-0.15, -0.1) is 0 Å². The van der Waals surface area contributed by atoms with E-state index < -0.39 is 0 Å². The predicted molar refractivity (Wildman–Crippen MR) is 354 cm³/mol. The Hall–Kier alpha value is -1.84. The number of ether oxygens (including phenoxy) is 2. The average molecular weight is 1120 g/mol. The first-order valence-electron chi connectivity index (χ1n) is 37.1. The molecule has 1 aromatic carbocycles. The Labute approximate surface area is 502 Å². The fraction of sp³-hybridized carbons (Fsp3) is 0.895. The van der Waals surface area contributed by atoms with Gasteiger partial charge in [0, 0.05) is 0 Å². The molecule has 0 heterocycles. The van der Waals surface area contributed by atoms with E-state index in [1.165, 1.54) is 347 Å². The first-order chi connectivity index (χ1) is 39.6. The normalized spacial score (nSPS) is 12.3. The second-order valence-corrected chi connectivity index (χ2v) is 25.8. The van der Waals surface area contributed by atoms with Gasteiger partial charge < -0.3 is 9.47 Å². The van der Waals surface area contributed by atoms with Crippen LogP contribution in [0.5, 0.6) is 0 Å². The zero-order valence-corrected chi connectivity index (χ0v) is 54.9. The molecule has 4 nitrogen and oxygen atoms in total. The number of rotatable bonds is 66. The molecular formula is C76H142O4. The van der Waals surface area contributed by atoms with Gasteiger partial charge in [-0.25, -0.2) is 9.59 Å². The van der Waals surface area contributed by atoms with Gasteiger partial charge >= 0.3 is 11.9 Å². The van der Waals surface area contributed by atoms with E-state index in [1.807, 2.05) is 12.1 Å². The molecule has 2 atom stereocenters. The van der Waals surface area contributed by atoms with Gasteiger partial charge in [0.1, 0.15) is 12.2 Å². The highest BCUT2D eigenvalue weighted by atomic mass is 16.5. The summed E-state index contributed by atoms with van der Waals surface area (Å²) in [6.45, 7) is 9.15. The molecular weight excluding hydrogens is 977 g/mol. The average Bonchev–Trinajstić information content (AvgIpc) is 3.46. The van der Waals surface area contributed by atoms with Crippen LogP contribution in [-0.4, -0.2) is 24.1 Å². The molecule has 2 unspecified atom stereocenters. The molecule has 0 aliphatic rings. The van der Waals surface area contributed by atoms with E-state index >= 15 is 0 Å². The highest BCUT2D eigenvalue weighted by molar-refractivity contribution is 6.03. The maximum Gasteiger partial charge on any atom is 0.339 e. The van der Waals surface area contributed by atoms with Gasteiger partial charge in [-0.05, 0) is 63.5 Å². The number of unbranched alkanes of at least 4 members (excludes halogenated alkanes) is 54. The Balaban J connectivity index is 2.44. The zero-order valence-electron chi connectivity index (χ0n) is 54.9. The van der Waals surface area contributed by atoms with E-state index in [4.69, 9.17) is 9.47 Å². The van der Waals surface area contributed by atoms with E-state index in [0.717, 1.165) is 51.4 Å². The molecule has 470 valence electrons. The molecule has 0 radical (unpaired) electrons. The van der Waals surface area contributed by atoms with Crippen molar-refractivity contribution in [3.63, 3.8) is 0 Å². The molecule has 0 aliphatic heterocycles. The van der Waals surface area contributed by atoms with Crippen molar-refractivity contribution in [3.05, 3.63) is 35.4 Å². The summed E-state index contributed by atoms with van der Waals surface area (Å²) in [4.78, 5) is 28.0. The van der Waals surface area contributed by atoms with E-state index in [2.05, 4.69) is 27.7 Å². The summed E-state index contributed by atoms with van der Waals surface area (Å²) in [5.41, 5.74) is 0.736. The Morgan fingerprint density at radius 3 is 0.525 bits per heavy atom. The van der Waals surface area contributed by atoms with Crippen LogP contribution >= 0.6 is 0 Å².